The van der Waals surface area contributed by atoms with Crippen molar-refractivity contribution in [3.05, 3.63) is 58.9 Å². The maximum Gasteiger partial charge on any atom is 0.416 e. The van der Waals surface area contributed by atoms with Crippen molar-refractivity contribution in [2.75, 3.05) is 0 Å². The number of aliphatic carboxylic acids is 1. The van der Waals surface area contributed by atoms with Crippen LogP contribution in [0, 0.1) is 13.8 Å². The number of nitrogens with zero attached hydrogens (tertiary/aromatic N) is 1. The molecule has 116 valence electrons. The van der Waals surface area contributed by atoms with Crippen molar-refractivity contribution in [2.24, 2.45) is 0 Å². The van der Waals surface area contributed by atoms with Gasteiger partial charge in [0, 0.05) is 23.2 Å². The summed E-state index contributed by atoms with van der Waals surface area (Å²) in [6, 6.07) is 6.63. The summed E-state index contributed by atoms with van der Waals surface area (Å²) < 4.78 is 39.5. The van der Waals surface area contributed by atoms with E-state index in [0.717, 1.165) is 29.6 Å². The molecule has 22 heavy (non-hydrogen) atoms. The van der Waals surface area contributed by atoms with Gasteiger partial charge < -0.3 is 9.67 Å². The monoisotopic (exact) mass is 309 g/mol. The molecular formula is C16H14F3NO2. The molecule has 0 saturated carbocycles. The summed E-state index contributed by atoms with van der Waals surface area (Å²) in [4.78, 5) is 10.6. The number of carboxylic acids is 1. The van der Waals surface area contributed by atoms with Crippen LogP contribution < -0.4 is 0 Å². The lowest BCUT2D eigenvalue weighted by Crippen LogP contribution is -2.05. The first-order valence-electron chi connectivity index (χ1n) is 6.47. The molecule has 0 fully saturated rings. The lowest BCUT2D eigenvalue weighted by atomic mass is 10.2. The Labute approximate surface area is 125 Å². The van der Waals surface area contributed by atoms with Gasteiger partial charge in [-0.2, -0.15) is 13.2 Å². The molecule has 0 saturated heterocycles. The highest BCUT2D eigenvalue weighted by Gasteiger charge is 2.30. The predicted octanol–water partition coefficient (Wildman–Crippen LogP) is 4.21. The van der Waals surface area contributed by atoms with Crippen LogP contribution in [0.15, 0.2) is 36.4 Å². The number of hydrogen-bond donors (Lipinski definition) is 1. The van der Waals surface area contributed by atoms with Gasteiger partial charge >= 0.3 is 12.1 Å². The van der Waals surface area contributed by atoms with Gasteiger partial charge in [0.15, 0.2) is 0 Å². The van der Waals surface area contributed by atoms with E-state index in [9.17, 15) is 18.0 Å². The van der Waals surface area contributed by atoms with E-state index in [1.165, 1.54) is 18.2 Å². The van der Waals surface area contributed by atoms with Crippen molar-refractivity contribution in [2.45, 2.75) is 20.0 Å². The Bertz CT molecular complexity index is 725. The van der Waals surface area contributed by atoms with Crippen molar-refractivity contribution < 1.29 is 23.1 Å². The van der Waals surface area contributed by atoms with Crippen LogP contribution >= 0.6 is 0 Å². The number of aromatic nitrogens is 1. The minimum atomic E-state index is -4.37. The van der Waals surface area contributed by atoms with Gasteiger partial charge in [0.05, 0.1) is 5.56 Å². The molecule has 0 aliphatic carbocycles. The van der Waals surface area contributed by atoms with Crippen LogP contribution in [0.4, 0.5) is 13.2 Å². The van der Waals surface area contributed by atoms with Crippen LogP contribution in [0.2, 0.25) is 0 Å². The first kappa shape index (κ1) is 15.9. The summed E-state index contributed by atoms with van der Waals surface area (Å²) in [6.07, 6.45) is -1.88. The van der Waals surface area contributed by atoms with Gasteiger partial charge in [-0.15, -0.1) is 0 Å². The summed E-state index contributed by atoms with van der Waals surface area (Å²) in [7, 11) is 0. The third-order valence-electron chi connectivity index (χ3n) is 3.33. The van der Waals surface area contributed by atoms with E-state index < -0.39 is 17.7 Å². The van der Waals surface area contributed by atoms with Crippen LogP contribution in [-0.2, 0) is 11.0 Å². The molecule has 0 aliphatic heterocycles. The number of hydrogen-bond acceptors (Lipinski definition) is 1. The number of aryl methyl sites for hydroxylation is 1. The Morgan fingerprint density at radius 3 is 2.27 bits per heavy atom. The van der Waals surface area contributed by atoms with E-state index in [1.54, 1.807) is 17.6 Å². The van der Waals surface area contributed by atoms with Gasteiger partial charge in [0.2, 0.25) is 0 Å². The molecule has 3 nitrogen and oxygen atoms in total. The zero-order valence-electron chi connectivity index (χ0n) is 12.0. The standard InChI is InChI=1S/C16H14F3NO2/c1-10-9-12(3-8-15(21)22)11(2)20(10)14-6-4-13(5-7-14)16(17,18)19/h3-9H,1-2H3,(H,21,22). The molecule has 0 spiro atoms. The Morgan fingerprint density at radius 1 is 1.18 bits per heavy atom. The zero-order chi connectivity index (χ0) is 16.5. The van der Waals surface area contributed by atoms with Crippen molar-refractivity contribution >= 4 is 12.0 Å². The highest BCUT2D eigenvalue weighted by molar-refractivity contribution is 5.85. The van der Waals surface area contributed by atoms with E-state index in [2.05, 4.69) is 0 Å². The second kappa shape index (κ2) is 5.71. The second-order valence-electron chi connectivity index (χ2n) is 4.88. The molecule has 6 heteroatoms. The topological polar surface area (TPSA) is 42.2 Å². The van der Waals surface area contributed by atoms with Gasteiger partial charge in [-0.25, -0.2) is 4.79 Å². The van der Waals surface area contributed by atoms with Crippen molar-refractivity contribution in [1.82, 2.24) is 4.57 Å². The lowest BCUT2D eigenvalue weighted by molar-refractivity contribution is -0.137. The van der Waals surface area contributed by atoms with Gasteiger partial charge in [-0.05, 0) is 55.8 Å². The molecule has 1 aromatic heterocycles. The summed E-state index contributed by atoms with van der Waals surface area (Å²) in [5.74, 6) is -1.06. The number of rotatable bonds is 3. The average molecular weight is 309 g/mol. The molecule has 0 aliphatic rings. The quantitative estimate of drug-likeness (QED) is 0.863. The highest BCUT2D eigenvalue weighted by Crippen LogP contribution is 2.30. The van der Waals surface area contributed by atoms with E-state index in [4.69, 9.17) is 5.11 Å². The number of benzene rings is 1. The molecule has 1 aromatic carbocycles. The molecule has 0 atom stereocenters. The van der Waals surface area contributed by atoms with Crippen LogP contribution in [0.25, 0.3) is 11.8 Å². The van der Waals surface area contributed by atoms with Gasteiger partial charge in [-0.1, -0.05) is 0 Å². The fourth-order valence-corrected chi connectivity index (χ4v) is 2.31. The maximum absolute atomic E-state index is 12.6. The van der Waals surface area contributed by atoms with Crippen LogP contribution in [0.5, 0.6) is 0 Å². The van der Waals surface area contributed by atoms with Crippen molar-refractivity contribution in [3.8, 4) is 5.69 Å². The first-order valence-corrected chi connectivity index (χ1v) is 6.47. The normalized spacial score (nSPS) is 12.0. The van der Waals surface area contributed by atoms with Gasteiger partial charge in [0.1, 0.15) is 0 Å². The van der Waals surface area contributed by atoms with Crippen molar-refractivity contribution in [1.29, 1.82) is 0 Å². The first-order chi connectivity index (χ1) is 10.2. The zero-order valence-corrected chi connectivity index (χ0v) is 12.0. The minimum absolute atomic E-state index is 0.595. The van der Waals surface area contributed by atoms with Crippen LogP contribution in [-0.4, -0.2) is 15.6 Å². The van der Waals surface area contributed by atoms with Crippen molar-refractivity contribution in [3.63, 3.8) is 0 Å². The fraction of sp³-hybridized carbons (Fsp3) is 0.188. The lowest BCUT2D eigenvalue weighted by Gasteiger charge is -2.12. The molecule has 2 rings (SSSR count). The van der Waals surface area contributed by atoms with Gasteiger partial charge in [0.25, 0.3) is 0 Å². The number of carboxylic acid groups (broad SMARTS) is 1. The third-order valence-corrected chi connectivity index (χ3v) is 3.33. The maximum atomic E-state index is 12.6. The molecule has 0 radical (unpaired) electrons. The fourth-order valence-electron chi connectivity index (χ4n) is 2.31. The van der Waals surface area contributed by atoms with E-state index in [1.807, 2.05) is 6.92 Å². The number of carbonyl (C=O) groups is 1. The van der Waals surface area contributed by atoms with Crippen LogP contribution in [0.1, 0.15) is 22.5 Å². The number of halogens is 3. The van der Waals surface area contributed by atoms with E-state index in [0.29, 0.717) is 11.3 Å². The number of alkyl halides is 3. The molecule has 1 heterocycles. The summed E-state index contributed by atoms with van der Waals surface area (Å²) in [6.45, 7) is 3.59. The Balaban J connectivity index is 2.43. The SMILES string of the molecule is Cc1cc(C=CC(=O)O)c(C)n1-c1ccc(C(F)(F)F)cc1. The smallest absolute Gasteiger partial charge is 0.416 e. The Hall–Kier alpha value is -2.50. The molecule has 2 aromatic rings. The summed E-state index contributed by atoms with van der Waals surface area (Å²) in [5, 5.41) is 8.67. The minimum Gasteiger partial charge on any atom is -0.478 e. The van der Waals surface area contributed by atoms with Crippen LogP contribution in [0.3, 0.4) is 0 Å². The summed E-state index contributed by atoms with van der Waals surface area (Å²) in [5.41, 5.74) is 2.17. The molecule has 1 N–H and O–H groups in total. The largest absolute Gasteiger partial charge is 0.478 e. The molecule has 0 amide bonds. The molecule has 0 unspecified atom stereocenters. The Morgan fingerprint density at radius 2 is 1.77 bits per heavy atom. The summed E-state index contributed by atoms with van der Waals surface area (Å²) >= 11 is 0. The second-order valence-corrected chi connectivity index (χ2v) is 4.88. The van der Waals surface area contributed by atoms with E-state index >= 15 is 0 Å². The highest BCUT2D eigenvalue weighted by atomic mass is 19.4. The molecular weight excluding hydrogens is 295 g/mol. The van der Waals surface area contributed by atoms with Gasteiger partial charge in [-0.3, -0.25) is 0 Å². The third kappa shape index (κ3) is 3.21. The predicted molar refractivity (Wildman–Crippen MR) is 76.9 cm³/mol. The van der Waals surface area contributed by atoms with E-state index in [-0.39, 0.29) is 0 Å². The molecule has 0 bridgehead atoms. The average Bonchev–Trinajstić information content (AvgIpc) is 2.70. The Kier molecular flexibility index (Phi) is 4.12.